The first kappa shape index (κ1) is 16.8. The molecule has 0 aliphatic carbocycles. The second kappa shape index (κ2) is 10.5. The molecule has 114 valence electrons. The van der Waals surface area contributed by atoms with E-state index in [1.807, 2.05) is 25.2 Å². The minimum atomic E-state index is 0.538. The van der Waals surface area contributed by atoms with Crippen LogP contribution in [0.25, 0.3) is 0 Å². The highest BCUT2D eigenvalue weighted by molar-refractivity contribution is 5.40. The first-order valence-corrected chi connectivity index (χ1v) is 6.82. The number of nitrogens with one attached hydrogen (secondary N) is 1. The summed E-state index contributed by atoms with van der Waals surface area (Å²) in [6.45, 7) is 3.28. The van der Waals surface area contributed by atoms with E-state index in [-0.39, 0.29) is 0 Å². The average molecular weight is 283 g/mol. The fraction of sp³-hybridized carbons (Fsp3) is 0.600. The van der Waals surface area contributed by atoms with Crippen LogP contribution in [0.4, 0.5) is 0 Å². The van der Waals surface area contributed by atoms with E-state index in [0.717, 1.165) is 36.6 Å². The molecule has 0 saturated heterocycles. The van der Waals surface area contributed by atoms with Gasteiger partial charge in [0.15, 0.2) is 0 Å². The second-order valence-corrected chi connectivity index (χ2v) is 4.31. The molecular formula is C15H25NO4. The minimum Gasteiger partial charge on any atom is -0.497 e. The van der Waals surface area contributed by atoms with Crippen LogP contribution in [0.1, 0.15) is 12.0 Å². The summed E-state index contributed by atoms with van der Waals surface area (Å²) < 4.78 is 21.4. The van der Waals surface area contributed by atoms with Gasteiger partial charge in [0.05, 0.1) is 13.7 Å². The molecule has 0 aromatic heterocycles. The van der Waals surface area contributed by atoms with E-state index in [1.165, 1.54) is 0 Å². The number of hydrogen-bond donors (Lipinski definition) is 1. The molecule has 1 aromatic carbocycles. The largest absolute Gasteiger partial charge is 0.497 e. The third kappa shape index (κ3) is 6.23. The van der Waals surface area contributed by atoms with Crippen molar-refractivity contribution in [2.24, 2.45) is 0 Å². The lowest BCUT2D eigenvalue weighted by molar-refractivity contribution is 0.0804. The summed E-state index contributed by atoms with van der Waals surface area (Å²) in [5.41, 5.74) is 1.08. The molecule has 0 fully saturated rings. The lowest BCUT2D eigenvalue weighted by Gasteiger charge is -2.13. The molecule has 0 heterocycles. The van der Waals surface area contributed by atoms with E-state index in [1.54, 1.807) is 14.2 Å². The predicted octanol–water partition coefficient (Wildman–Crippen LogP) is 1.85. The minimum absolute atomic E-state index is 0.538. The molecule has 0 atom stereocenters. The first-order chi connectivity index (χ1) is 9.81. The fourth-order valence-electron chi connectivity index (χ4n) is 1.77. The standard InChI is InChI=1S/C15H25NO4/c1-16-12-13-11-14(18-3)5-6-15(13)20-10-9-19-8-4-7-17-2/h5-6,11,16H,4,7-10,12H2,1-3H3. The van der Waals surface area contributed by atoms with Crippen LogP contribution in [0, 0.1) is 0 Å². The van der Waals surface area contributed by atoms with E-state index in [4.69, 9.17) is 18.9 Å². The number of hydrogen-bond acceptors (Lipinski definition) is 5. The monoisotopic (exact) mass is 283 g/mol. The van der Waals surface area contributed by atoms with Crippen molar-refractivity contribution in [2.75, 3.05) is 47.7 Å². The van der Waals surface area contributed by atoms with E-state index in [2.05, 4.69) is 5.32 Å². The highest BCUT2D eigenvalue weighted by atomic mass is 16.5. The zero-order chi connectivity index (χ0) is 14.6. The van der Waals surface area contributed by atoms with Gasteiger partial charge in [0.1, 0.15) is 18.1 Å². The summed E-state index contributed by atoms with van der Waals surface area (Å²) in [5.74, 6) is 1.69. The summed E-state index contributed by atoms with van der Waals surface area (Å²) in [7, 11) is 5.26. The van der Waals surface area contributed by atoms with Crippen molar-refractivity contribution in [1.29, 1.82) is 0 Å². The smallest absolute Gasteiger partial charge is 0.124 e. The zero-order valence-corrected chi connectivity index (χ0v) is 12.6. The van der Waals surface area contributed by atoms with Gasteiger partial charge in [-0.05, 0) is 31.7 Å². The third-order valence-electron chi connectivity index (χ3n) is 2.76. The van der Waals surface area contributed by atoms with Crippen molar-refractivity contribution in [1.82, 2.24) is 5.32 Å². The lowest BCUT2D eigenvalue weighted by atomic mass is 10.2. The Balaban J connectivity index is 2.35. The molecule has 5 nitrogen and oxygen atoms in total. The molecule has 5 heteroatoms. The van der Waals surface area contributed by atoms with Gasteiger partial charge in [-0.15, -0.1) is 0 Å². The molecule has 20 heavy (non-hydrogen) atoms. The number of ether oxygens (including phenoxy) is 4. The Bertz CT molecular complexity index is 371. The molecular weight excluding hydrogens is 258 g/mol. The number of rotatable bonds is 11. The lowest BCUT2D eigenvalue weighted by Crippen LogP contribution is -2.11. The molecule has 1 rings (SSSR count). The van der Waals surface area contributed by atoms with Gasteiger partial charge in [-0.3, -0.25) is 0 Å². The second-order valence-electron chi connectivity index (χ2n) is 4.31. The van der Waals surface area contributed by atoms with Crippen LogP contribution >= 0.6 is 0 Å². The van der Waals surface area contributed by atoms with Crippen LogP contribution in [-0.4, -0.2) is 47.7 Å². The summed E-state index contributed by atoms with van der Waals surface area (Å²) in [5, 5.41) is 3.12. The Morgan fingerprint density at radius 3 is 2.60 bits per heavy atom. The van der Waals surface area contributed by atoms with Crippen LogP contribution in [-0.2, 0) is 16.0 Å². The SMILES string of the molecule is CNCc1cc(OC)ccc1OCCOCCCOC. The molecule has 0 bridgehead atoms. The Kier molecular flexibility index (Phi) is 8.78. The third-order valence-corrected chi connectivity index (χ3v) is 2.76. The maximum atomic E-state index is 5.74. The van der Waals surface area contributed by atoms with Gasteiger partial charge in [-0.25, -0.2) is 0 Å². The molecule has 0 unspecified atom stereocenters. The summed E-state index contributed by atoms with van der Waals surface area (Å²) >= 11 is 0. The van der Waals surface area contributed by atoms with Crippen molar-refractivity contribution < 1.29 is 18.9 Å². The molecule has 0 aliphatic heterocycles. The molecule has 1 N–H and O–H groups in total. The zero-order valence-electron chi connectivity index (χ0n) is 12.6. The van der Waals surface area contributed by atoms with Crippen LogP contribution in [0.15, 0.2) is 18.2 Å². The van der Waals surface area contributed by atoms with Crippen molar-refractivity contribution >= 4 is 0 Å². The van der Waals surface area contributed by atoms with Gasteiger partial charge in [-0.1, -0.05) is 0 Å². The summed E-state index contributed by atoms with van der Waals surface area (Å²) in [4.78, 5) is 0. The molecule has 1 aromatic rings. The Morgan fingerprint density at radius 2 is 1.90 bits per heavy atom. The van der Waals surface area contributed by atoms with Gasteiger partial charge >= 0.3 is 0 Å². The molecule has 0 amide bonds. The van der Waals surface area contributed by atoms with Gasteiger partial charge in [0.2, 0.25) is 0 Å². The van der Waals surface area contributed by atoms with Crippen molar-refractivity contribution in [3.05, 3.63) is 23.8 Å². The Morgan fingerprint density at radius 1 is 1.05 bits per heavy atom. The number of methoxy groups -OCH3 is 2. The summed E-state index contributed by atoms with van der Waals surface area (Å²) in [6.07, 6.45) is 0.907. The van der Waals surface area contributed by atoms with E-state index >= 15 is 0 Å². The van der Waals surface area contributed by atoms with Gasteiger partial charge < -0.3 is 24.3 Å². The summed E-state index contributed by atoms with van der Waals surface area (Å²) in [6, 6.07) is 5.80. The van der Waals surface area contributed by atoms with Crippen LogP contribution in [0.5, 0.6) is 11.5 Å². The molecule has 0 saturated carbocycles. The first-order valence-electron chi connectivity index (χ1n) is 6.82. The highest BCUT2D eigenvalue weighted by Crippen LogP contribution is 2.24. The van der Waals surface area contributed by atoms with Crippen LogP contribution in [0.3, 0.4) is 0 Å². The van der Waals surface area contributed by atoms with E-state index < -0.39 is 0 Å². The van der Waals surface area contributed by atoms with Crippen LogP contribution < -0.4 is 14.8 Å². The molecule has 0 aliphatic rings. The van der Waals surface area contributed by atoms with Crippen LogP contribution in [0.2, 0.25) is 0 Å². The van der Waals surface area contributed by atoms with Gasteiger partial charge in [0.25, 0.3) is 0 Å². The Hall–Kier alpha value is -1.30. The fourth-order valence-corrected chi connectivity index (χ4v) is 1.77. The maximum absolute atomic E-state index is 5.74. The quantitative estimate of drug-likeness (QED) is 0.628. The average Bonchev–Trinajstić information content (AvgIpc) is 2.47. The molecule has 0 radical (unpaired) electrons. The predicted molar refractivity (Wildman–Crippen MR) is 78.6 cm³/mol. The van der Waals surface area contributed by atoms with E-state index in [9.17, 15) is 0 Å². The number of benzene rings is 1. The molecule has 0 spiro atoms. The van der Waals surface area contributed by atoms with E-state index in [0.29, 0.717) is 19.8 Å². The maximum Gasteiger partial charge on any atom is 0.124 e. The van der Waals surface area contributed by atoms with Crippen molar-refractivity contribution in [2.45, 2.75) is 13.0 Å². The van der Waals surface area contributed by atoms with Crippen molar-refractivity contribution in [3.8, 4) is 11.5 Å². The highest BCUT2D eigenvalue weighted by Gasteiger charge is 2.05. The Labute approximate surface area is 121 Å². The van der Waals surface area contributed by atoms with Crippen molar-refractivity contribution in [3.63, 3.8) is 0 Å². The van der Waals surface area contributed by atoms with Gasteiger partial charge in [0, 0.05) is 32.4 Å². The normalized spacial score (nSPS) is 10.6. The van der Waals surface area contributed by atoms with Gasteiger partial charge in [-0.2, -0.15) is 0 Å². The topological polar surface area (TPSA) is 49.0 Å².